The van der Waals surface area contributed by atoms with E-state index in [4.69, 9.17) is 9.31 Å². The van der Waals surface area contributed by atoms with E-state index in [9.17, 15) is 0 Å². The predicted molar refractivity (Wildman–Crippen MR) is 84.7 cm³/mol. The van der Waals surface area contributed by atoms with Crippen molar-refractivity contribution in [3.63, 3.8) is 0 Å². The fourth-order valence-electron chi connectivity index (χ4n) is 2.18. The monoisotopic (exact) mass is 272 g/mol. The standard InChI is InChI=1S/C17H25BO2/c1-14-9-11-15(12-10-14)8-6-7-13-18-19-16(2,3)17(4,5)20-18/h7,9-13H,6,8H2,1-5H3/b13-7+. The summed E-state index contributed by atoms with van der Waals surface area (Å²) in [5, 5.41) is 0. The van der Waals surface area contributed by atoms with Gasteiger partial charge in [0.2, 0.25) is 0 Å². The first-order valence-corrected chi connectivity index (χ1v) is 7.38. The SMILES string of the molecule is Cc1ccc(CC/C=C/B2OC(C)(C)C(C)(C)O2)cc1. The van der Waals surface area contributed by atoms with Crippen LogP contribution < -0.4 is 0 Å². The minimum absolute atomic E-state index is 0.224. The zero-order valence-electron chi connectivity index (χ0n) is 13.3. The summed E-state index contributed by atoms with van der Waals surface area (Å²) < 4.78 is 11.8. The van der Waals surface area contributed by atoms with Crippen LogP contribution in [0.2, 0.25) is 0 Å². The lowest BCUT2D eigenvalue weighted by Crippen LogP contribution is -2.41. The van der Waals surface area contributed by atoms with Crippen molar-refractivity contribution in [1.82, 2.24) is 0 Å². The van der Waals surface area contributed by atoms with E-state index in [0.717, 1.165) is 12.8 Å². The molecule has 2 nitrogen and oxygen atoms in total. The lowest BCUT2D eigenvalue weighted by molar-refractivity contribution is 0.00578. The lowest BCUT2D eigenvalue weighted by Gasteiger charge is -2.32. The molecule has 0 spiro atoms. The van der Waals surface area contributed by atoms with Crippen molar-refractivity contribution < 1.29 is 9.31 Å². The molecule has 1 aliphatic heterocycles. The molecule has 0 bridgehead atoms. The van der Waals surface area contributed by atoms with Crippen LogP contribution in [0.25, 0.3) is 0 Å². The molecule has 0 unspecified atom stereocenters. The summed E-state index contributed by atoms with van der Waals surface area (Å²) in [6, 6.07) is 8.70. The fraction of sp³-hybridized carbons (Fsp3) is 0.529. The molecule has 20 heavy (non-hydrogen) atoms. The Balaban J connectivity index is 1.82. The van der Waals surface area contributed by atoms with Crippen molar-refractivity contribution in [2.24, 2.45) is 0 Å². The van der Waals surface area contributed by atoms with Crippen LogP contribution in [-0.2, 0) is 15.7 Å². The summed E-state index contributed by atoms with van der Waals surface area (Å²) in [5.74, 6) is 2.03. The Kier molecular flexibility index (Phi) is 4.41. The van der Waals surface area contributed by atoms with E-state index >= 15 is 0 Å². The maximum absolute atomic E-state index is 5.92. The van der Waals surface area contributed by atoms with Crippen LogP contribution in [0.3, 0.4) is 0 Å². The van der Waals surface area contributed by atoms with Gasteiger partial charge in [0.15, 0.2) is 0 Å². The Morgan fingerprint density at radius 1 is 1.00 bits per heavy atom. The highest BCUT2D eigenvalue weighted by atomic mass is 16.7. The first kappa shape index (κ1) is 15.3. The van der Waals surface area contributed by atoms with E-state index in [1.807, 2.05) is 5.98 Å². The number of hydrogen-bond acceptors (Lipinski definition) is 2. The molecule has 1 aliphatic rings. The van der Waals surface area contributed by atoms with Crippen molar-refractivity contribution >= 4 is 7.12 Å². The normalized spacial score (nSPS) is 20.8. The number of rotatable bonds is 4. The Morgan fingerprint density at radius 3 is 2.10 bits per heavy atom. The quantitative estimate of drug-likeness (QED) is 0.768. The molecule has 0 radical (unpaired) electrons. The van der Waals surface area contributed by atoms with Crippen LogP contribution in [0.15, 0.2) is 36.3 Å². The number of benzene rings is 1. The molecule has 1 aromatic rings. The maximum atomic E-state index is 5.92. The van der Waals surface area contributed by atoms with Crippen molar-refractivity contribution in [3.8, 4) is 0 Å². The second-order valence-corrected chi connectivity index (χ2v) is 6.58. The molecular formula is C17H25BO2. The van der Waals surface area contributed by atoms with Gasteiger partial charge < -0.3 is 9.31 Å². The van der Waals surface area contributed by atoms with Gasteiger partial charge in [-0.25, -0.2) is 0 Å². The molecule has 1 saturated heterocycles. The first-order valence-electron chi connectivity index (χ1n) is 7.38. The minimum atomic E-state index is -0.251. The summed E-state index contributed by atoms with van der Waals surface area (Å²) in [6.45, 7) is 10.4. The molecule has 0 aromatic heterocycles. The number of aryl methyl sites for hydroxylation is 2. The van der Waals surface area contributed by atoms with Crippen molar-refractivity contribution in [3.05, 3.63) is 47.4 Å². The van der Waals surface area contributed by atoms with Crippen LogP contribution in [0.4, 0.5) is 0 Å². The van der Waals surface area contributed by atoms with Gasteiger partial charge in [-0.1, -0.05) is 41.9 Å². The van der Waals surface area contributed by atoms with E-state index in [2.05, 4.69) is 65.0 Å². The summed E-state index contributed by atoms with van der Waals surface area (Å²) in [5.41, 5.74) is 2.17. The van der Waals surface area contributed by atoms with E-state index in [-0.39, 0.29) is 18.3 Å². The van der Waals surface area contributed by atoms with Gasteiger partial charge in [0.25, 0.3) is 0 Å². The highest BCUT2D eigenvalue weighted by Crippen LogP contribution is 2.36. The molecule has 0 aliphatic carbocycles. The Labute approximate surface area is 123 Å². The van der Waals surface area contributed by atoms with Gasteiger partial charge in [-0.15, -0.1) is 0 Å². The molecule has 1 aromatic carbocycles. The molecule has 0 amide bonds. The fourth-order valence-corrected chi connectivity index (χ4v) is 2.18. The average molecular weight is 272 g/mol. The molecule has 0 N–H and O–H groups in total. The number of allylic oxidation sites excluding steroid dienone is 1. The van der Waals surface area contributed by atoms with Gasteiger partial charge in [-0.2, -0.15) is 0 Å². The van der Waals surface area contributed by atoms with E-state index in [0.29, 0.717) is 0 Å². The van der Waals surface area contributed by atoms with Crippen LogP contribution in [0, 0.1) is 6.92 Å². The van der Waals surface area contributed by atoms with Crippen LogP contribution in [0.5, 0.6) is 0 Å². The van der Waals surface area contributed by atoms with E-state index in [1.165, 1.54) is 11.1 Å². The zero-order valence-corrected chi connectivity index (χ0v) is 13.3. The first-order chi connectivity index (χ1) is 9.30. The third kappa shape index (κ3) is 3.53. The van der Waals surface area contributed by atoms with Gasteiger partial charge >= 0.3 is 7.12 Å². The van der Waals surface area contributed by atoms with Gasteiger partial charge in [0.1, 0.15) is 0 Å². The van der Waals surface area contributed by atoms with Gasteiger partial charge in [0.05, 0.1) is 11.2 Å². The lowest BCUT2D eigenvalue weighted by atomic mass is 9.89. The summed E-state index contributed by atoms with van der Waals surface area (Å²) in [7, 11) is -0.224. The van der Waals surface area contributed by atoms with Crippen LogP contribution >= 0.6 is 0 Å². The molecular weight excluding hydrogens is 247 g/mol. The van der Waals surface area contributed by atoms with Gasteiger partial charge in [0, 0.05) is 0 Å². The molecule has 108 valence electrons. The largest absolute Gasteiger partial charge is 0.486 e. The van der Waals surface area contributed by atoms with Crippen molar-refractivity contribution in [1.29, 1.82) is 0 Å². The van der Waals surface area contributed by atoms with Crippen LogP contribution in [0.1, 0.15) is 45.2 Å². The molecule has 0 atom stereocenters. The Morgan fingerprint density at radius 2 is 1.55 bits per heavy atom. The minimum Gasteiger partial charge on any atom is -0.400 e. The topological polar surface area (TPSA) is 18.5 Å². The van der Waals surface area contributed by atoms with Crippen LogP contribution in [-0.4, -0.2) is 18.3 Å². The second kappa shape index (κ2) is 5.75. The molecule has 2 rings (SSSR count). The third-order valence-corrected chi connectivity index (χ3v) is 4.28. The highest BCUT2D eigenvalue weighted by molar-refractivity contribution is 6.51. The Bertz CT molecular complexity index is 458. The van der Waals surface area contributed by atoms with Gasteiger partial charge in [-0.3, -0.25) is 0 Å². The third-order valence-electron chi connectivity index (χ3n) is 4.28. The summed E-state index contributed by atoms with van der Waals surface area (Å²) in [4.78, 5) is 0. The highest BCUT2D eigenvalue weighted by Gasteiger charge is 2.49. The molecule has 3 heteroatoms. The van der Waals surface area contributed by atoms with Gasteiger partial charge in [-0.05, 0) is 53.0 Å². The van der Waals surface area contributed by atoms with Crippen molar-refractivity contribution in [2.45, 2.75) is 58.7 Å². The second-order valence-electron chi connectivity index (χ2n) is 6.58. The predicted octanol–water partition coefficient (Wildman–Crippen LogP) is 4.12. The molecule has 1 fully saturated rings. The molecule has 1 heterocycles. The number of hydrogen-bond donors (Lipinski definition) is 0. The molecule has 0 saturated carbocycles. The maximum Gasteiger partial charge on any atom is 0.486 e. The Hall–Kier alpha value is -1.06. The van der Waals surface area contributed by atoms with E-state index in [1.54, 1.807) is 0 Å². The van der Waals surface area contributed by atoms with Crippen molar-refractivity contribution in [2.75, 3.05) is 0 Å². The zero-order chi connectivity index (χ0) is 14.8. The van der Waals surface area contributed by atoms with E-state index < -0.39 is 0 Å². The smallest absolute Gasteiger partial charge is 0.400 e. The summed E-state index contributed by atoms with van der Waals surface area (Å²) >= 11 is 0. The average Bonchev–Trinajstić information content (AvgIpc) is 2.56. The summed E-state index contributed by atoms with van der Waals surface area (Å²) in [6.07, 6.45) is 4.21.